The lowest BCUT2D eigenvalue weighted by Gasteiger charge is -1.98. The predicted molar refractivity (Wildman–Crippen MR) is 47.4 cm³/mol. The van der Waals surface area contributed by atoms with Crippen LogP contribution in [0.2, 0.25) is 0 Å². The molecule has 0 saturated carbocycles. The van der Waals surface area contributed by atoms with Gasteiger partial charge in [-0.15, -0.1) is 0 Å². The van der Waals surface area contributed by atoms with E-state index in [2.05, 4.69) is 32.4 Å². The second kappa shape index (κ2) is 6.29. The van der Waals surface area contributed by atoms with E-state index in [4.69, 9.17) is 0 Å². The van der Waals surface area contributed by atoms with Gasteiger partial charge in [-0.05, 0) is 19.2 Å². The second-order valence-electron chi connectivity index (χ2n) is 2.25. The van der Waals surface area contributed by atoms with Crippen molar-refractivity contribution in [1.82, 2.24) is 0 Å². The lowest BCUT2D eigenvalue weighted by molar-refractivity contribution is 0.960. The molecule has 0 heterocycles. The molecule has 0 bridgehead atoms. The van der Waals surface area contributed by atoms with Crippen molar-refractivity contribution in [3.63, 3.8) is 0 Å². The summed E-state index contributed by atoms with van der Waals surface area (Å²) in [5, 5.41) is 0. The van der Waals surface area contributed by atoms with Crippen molar-refractivity contribution in [2.45, 2.75) is 26.7 Å². The molecule has 0 radical (unpaired) electrons. The minimum Gasteiger partial charge on any atom is -0.0871 e. The van der Waals surface area contributed by atoms with Crippen molar-refractivity contribution in [2.75, 3.05) is 12.8 Å². The predicted octanol–water partition coefficient (Wildman–Crippen LogP) is 3.43. The van der Waals surface area contributed by atoms with Gasteiger partial charge in [0.15, 0.2) is 0 Å². The standard InChI is InChI=1S/C8H17P/c1-4-6-7-8-9(3)5-2/h7-8H,4-6H2,1-3H3/b8-7-. The molecule has 0 aromatic rings. The fourth-order valence-electron chi connectivity index (χ4n) is 0.527. The Labute approximate surface area is 60.1 Å². The molecular weight excluding hydrogens is 127 g/mol. The van der Waals surface area contributed by atoms with Crippen LogP contribution in [0.25, 0.3) is 0 Å². The number of allylic oxidation sites excluding steroid dienone is 1. The summed E-state index contributed by atoms with van der Waals surface area (Å²) in [7, 11) is 0.229. The highest BCUT2D eigenvalue weighted by molar-refractivity contribution is 7.60. The van der Waals surface area contributed by atoms with Crippen molar-refractivity contribution in [2.24, 2.45) is 0 Å². The lowest BCUT2D eigenvalue weighted by atomic mass is 10.3. The first-order valence-corrected chi connectivity index (χ1v) is 5.72. The summed E-state index contributed by atoms with van der Waals surface area (Å²) in [5.41, 5.74) is 0. The van der Waals surface area contributed by atoms with Crippen molar-refractivity contribution in [3.8, 4) is 0 Å². The maximum atomic E-state index is 2.37. The molecule has 0 rings (SSSR count). The first-order valence-electron chi connectivity index (χ1n) is 3.68. The van der Waals surface area contributed by atoms with Crippen LogP contribution in [0, 0.1) is 0 Å². The monoisotopic (exact) mass is 144 g/mol. The topological polar surface area (TPSA) is 0 Å². The molecule has 9 heavy (non-hydrogen) atoms. The molecule has 0 aliphatic heterocycles. The summed E-state index contributed by atoms with van der Waals surface area (Å²) in [6.07, 6.45) is 6.18. The molecule has 0 aliphatic carbocycles. The van der Waals surface area contributed by atoms with E-state index < -0.39 is 0 Å². The molecule has 0 aliphatic rings. The molecule has 0 fully saturated rings. The largest absolute Gasteiger partial charge is 0.0871 e. The summed E-state index contributed by atoms with van der Waals surface area (Å²) in [6, 6.07) is 0. The van der Waals surface area contributed by atoms with E-state index in [1.807, 2.05) is 0 Å². The van der Waals surface area contributed by atoms with Gasteiger partial charge in [-0.3, -0.25) is 0 Å². The van der Waals surface area contributed by atoms with Crippen LogP contribution < -0.4 is 0 Å². The zero-order valence-corrected chi connectivity index (χ0v) is 7.62. The molecule has 0 aromatic carbocycles. The van der Waals surface area contributed by atoms with Crippen molar-refractivity contribution >= 4 is 7.92 Å². The third kappa shape index (κ3) is 6.05. The Kier molecular flexibility index (Phi) is 6.41. The fraction of sp³-hybridized carbons (Fsp3) is 0.750. The fourth-order valence-corrected chi connectivity index (χ4v) is 1.25. The minimum absolute atomic E-state index is 0.229. The van der Waals surface area contributed by atoms with Gasteiger partial charge < -0.3 is 0 Å². The van der Waals surface area contributed by atoms with Crippen LogP contribution in [0.1, 0.15) is 26.7 Å². The normalized spacial score (nSPS) is 14.6. The highest BCUT2D eigenvalue weighted by Crippen LogP contribution is 2.30. The van der Waals surface area contributed by atoms with Crippen LogP contribution in [-0.2, 0) is 0 Å². The Morgan fingerprint density at radius 1 is 1.33 bits per heavy atom. The van der Waals surface area contributed by atoms with Crippen molar-refractivity contribution in [1.29, 1.82) is 0 Å². The highest BCUT2D eigenvalue weighted by Gasteiger charge is 1.86. The average Bonchev–Trinajstić information content (AvgIpc) is 1.89. The highest BCUT2D eigenvalue weighted by atomic mass is 31.1. The minimum atomic E-state index is 0.229. The summed E-state index contributed by atoms with van der Waals surface area (Å²) >= 11 is 0. The van der Waals surface area contributed by atoms with E-state index in [-0.39, 0.29) is 7.92 Å². The van der Waals surface area contributed by atoms with Gasteiger partial charge >= 0.3 is 0 Å². The maximum Gasteiger partial charge on any atom is -0.0322 e. The van der Waals surface area contributed by atoms with Gasteiger partial charge in [0.2, 0.25) is 0 Å². The van der Waals surface area contributed by atoms with E-state index in [0.717, 1.165) is 0 Å². The Morgan fingerprint density at radius 3 is 2.44 bits per heavy atom. The molecule has 1 atom stereocenters. The van der Waals surface area contributed by atoms with Gasteiger partial charge in [-0.25, -0.2) is 0 Å². The van der Waals surface area contributed by atoms with E-state index in [9.17, 15) is 0 Å². The quantitative estimate of drug-likeness (QED) is 0.530. The van der Waals surface area contributed by atoms with Crippen LogP contribution in [0.3, 0.4) is 0 Å². The third-order valence-electron chi connectivity index (χ3n) is 1.31. The van der Waals surface area contributed by atoms with Crippen LogP contribution in [0.5, 0.6) is 0 Å². The zero-order chi connectivity index (χ0) is 7.11. The molecule has 0 spiro atoms. The van der Waals surface area contributed by atoms with Gasteiger partial charge in [0.25, 0.3) is 0 Å². The number of unbranched alkanes of at least 4 members (excludes halogenated alkanes) is 1. The van der Waals surface area contributed by atoms with Crippen molar-refractivity contribution in [3.05, 3.63) is 11.9 Å². The van der Waals surface area contributed by atoms with Crippen LogP contribution >= 0.6 is 7.92 Å². The molecule has 0 aromatic heterocycles. The Hall–Kier alpha value is 0.170. The Bertz CT molecular complexity index is 76.6. The van der Waals surface area contributed by atoms with E-state index in [0.29, 0.717) is 0 Å². The van der Waals surface area contributed by atoms with Crippen LogP contribution in [0.4, 0.5) is 0 Å². The van der Waals surface area contributed by atoms with Gasteiger partial charge in [-0.1, -0.05) is 40.1 Å². The molecule has 54 valence electrons. The van der Waals surface area contributed by atoms with Crippen LogP contribution in [0.15, 0.2) is 11.9 Å². The second-order valence-corrected chi connectivity index (χ2v) is 4.69. The Balaban J connectivity index is 3.20. The zero-order valence-electron chi connectivity index (χ0n) is 6.72. The maximum absolute atomic E-state index is 2.37. The number of hydrogen-bond donors (Lipinski definition) is 0. The lowest BCUT2D eigenvalue weighted by Crippen LogP contribution is -1.68. The summed E-state index contributed by atoms with van der Waals surface area (Å²) in [6.45, 7) is 6.79. The molecule has 1 heteroatoms. The summed E-state index contributed by atoms with van der Waals surface area (Å²) in [4.78, 5) is 0. The molecule has 0 N–H and O–H groups in total. The van der Waals surface area contributed by atoms with E-state index >= 15 is 0 Å². The van der Waals surface area contributed by atoms with E-state index in [1.54, 1.807) is 0 Å². The number of hydrogen-bond acceptors (Lipinski definition) is 0. The van der Waals surface area contributed by atoms with Crippen molar-refractivity contribution < 1.29 is 0 Å². The Morgan fingerprint density at radius 2 is 2.00 bits per heavy atom. The molecule has 0 saturated heterocycles. The van der Waals surface area contributed by atoms with Gasteiger partial charge in [-0.2, -0.15) is 0 Å². The average molecular weight is 144 g/mol. The molecule has 1 unspecified atom stereocenters. The SMILES string of the molecule is CCC/C=C\P(C)CC. The molecular formula is C8H17P. The summed E-state index contributed by atoms with van der Waals surface area (Å²) in [5.74, 6) is 2.37. The van der Waals surface area contributed by atoms with Gasteiger partial charge in [0, 0.05) is 0 Å². The first-order chi connectivity index (χ1) is 4.31. The first kappa shape index (κ1) is 9.17. The van der Waals surface area contributed by atoms with Gasteiger partial charge in [0.1, 0.15) is 0 Å². The van der Waals surface area contributed by atoms with E-state index in [1.165, 1.54) is 19.0 Å². The molecule has 0 nitrogen and oxygen atoms in total. The smallest absolute Gasteiger partial charge is 0.0322 e. The third-order valence-corrected chi connectivity index (χ3v) is 3.03. The van der Waals surface area contributed by atoms with Gasteiger partial charge in [0.05, 0.1) is 0 Å². The number of rotatable bonds is 4. The molecule has 0 amide bonds. The summed E-state index contributed by atoms with van der Waals surface area (Å²) < 4.78 is 0. The van der Waals surface area contributed by atoms with Crippen LogP contribution in [-0.4, -0.2) is 12.8 Å².